The molecule has 1 aliphatic rings. The number of para-hydroxylation sites is 2. The summed E-state index contributed by atoms with van der Waals surface area (Å²) in [6, 6.07) is 8.57. The molecule has 1 aliphatic heterocycles. The summed E-state index contributed by atoms with van der Waals surface area (Å²) in [5.41, 5.74) is 7.08. The number of nitrogens with two attached hydrogens (primary N) is 1. The molecule has 0 aromatic heterocycles. The van der Waals surface area contributed by atoms with Crippen LogP contribution in [0.5, 0.6) is 5.75 Å². The molecule has 0 aliphatic carbocycles. The third kappa shape index (κ3) is 3.85. The van der Waals surface area contributed by atoms with Crippen LogP contribution in [0.4, 0.5) is 5.69 Å². The largest absolute Gasteiger partial charge is 0.495 e. The Morgan fingerprint density at radius 1 is 1.32 bits per heavy atom. The van der Waals surface area contributed by atoms with E-state index in [0.29, 0.717) is 6.04 Å². The minimum atomic E-state index is 0.406. The van der Waals surface area contributed by atoms with E-state index in [1.165, 1.54) is 0 Å². The van der Waals surface area contributed by atoms with E-state index in [1.807, 2.05) is 18.2 Å². The van der Waals surface area contributed by atoms with E-state index in [0.717, 1.165) is 50.5 Å². The lowest BCUT2D eigenvalue weighted by Crippen LogP contribution is -2.42. The quantitative estimate of drug-likeness (QED) is 0.875. The number of piperidine rings is 1. The van der Waals surface area contributed by atoms with Crippen LogP contribution in [0.25, 0.3) is 0 Å². The van der Waals surface area contributed by atoms with Crippen molar-refractivity contribution in [3.05, 3.63) is 24.3 Å². The van der Waals surface area contributed by atoms with Gasteiger partial charge >= 0.3 is 0 Å². The maximum absolute atomic E-state index is 5.93. The summed E-state index contributed by atoms with van der Waals surface area (Å²) >= 11 is 0. The van der Waals surface area contributed by atoms with E-state index in [4.69, 9.17) is 10.5 Å². The van der Waals surface area contributed by atoms with Crippen molar-refractivity contribution in [3.63, 3.8) is 0 Å². The molecule has 1 heterocycles. The highest BCUT2D eigenvalue weighted by atomic mass is 16.5. The number of hydrogen-bond donors (Lipinski definition) is 1. The van der Waals surface area contributed by atoms with E-state index < -0.39 is 0 Å². The second kappa shape index (κ2) is 6.78. The monoisotopic (exact) mass is 263 g/mol. The van der Waals surface area contributed by atoms with Crippen molar-refractivity contribution in [3.8, 4) is 5.75 Å². The highest BCUT2D eigenvalue weighted by molar-refractivity contribution is 5.57. The minimum absolute atomic E-state index is 0.406. The molecular weight excluding hydrogens is 238 g/mol. The number of anilines is 1. The Bertz CT molecular complexity index is 389. The zero-order valence-electron chi connectivity index (χ0n) is 12.0. The van der Waals surface area contributed by atoms with Gasteiger partial charge in [0.1, 0.15) is 5.75 Å². The third-order valence-corrected chi connectivity index (χ3v) is 3.88. The number of hydrogen-bond acceptors (Lipinski definition) is 4. The molecule has 19 heavy (non-hydrogen) atoms. The van der Waals surface area contributed by atoms with Crippen molar-refractivity contribution in [2.75, 3.05) is 45.2 Å². The maximum atomic E-state index is 5.93. The van der Waals surface area contributed by atoms with Crippen molar-refractivity contribution in [1.29, 1.82) is 0 Å². The van der Waals surface area contributed by atoms with Crippen LogP contribution >= 0.6 is 0 Å². The standard InChI is InChI=1S/C15H25N3O/c1-17(14-5-3-4-6-15(14)19-2)11-12-18-9-7-13(16)8-10-18/h3-6,13H,7-12,16H2,1-2H3. The van der Waals surface area contributed by atoms with Crippen molar-refractivity contribution < 1.29 is 4.74 Å². The molecule has 0 spiro atoms. The van der Waals surface area contributed by atoms with Gasteiger partial charge in [0.2, 0.25) is 0 Å². The van der Waals surface area contributed by atoms with E-state index in [1.54, 1.807) is 7.11 Å². The molecule has 2 N–H and O–H groups in total. The Morgan fingerprint density at radius 3 is 2.68 bits per heavy atom. The Labute approximate surface area is 116 Å². The van der Waals surface area contributed by atoms with Gasteiger partial charge in [0.15, 0.2) is 0 Å². The van der Waals surface area contributed by atoms with Crippen LogP contribution in [0.15, 0.2) is 24.3 Å². The van der Waals surface area contributed by atoms with E-state index in [2.05, 4.69) is 22.9 Å². The van der Waals surface area contributed by atoms with Gasteiger partial charge in [0, 0.05) is 26.2 Å². The van der Waals surface area contributed by atoms with Crippen molar-refractivity contribution >= 4 is 5.69 Å². The van der Waals surface area contributed by atoms with Crippen LogP contribution in [0.3, 0.4) is 0 Å². The van der Waals surface area contributed by atoms with Gasteiger partial charge in [-0.05, 0) is 38.1 Å². The number of nitrogens with zero attached hydrogens (tertiary/aromatic N) is 2. The zero-order valence-corrected chi connectivity index (χ0v) is 12.0. The van der Waals surface area contributed by atoms with Gasteiger partial charge in [-0.2, -0.15) is 0 Å². The number of likely N-dealkylation sites (tertiary alicyclic amines) is 1. The van der Waals surface area contributed by atoms with Gasteiger partial charge in [-0.1, -0.05) is 12.1 Å². The Hall–Kier alpha value is -1.26. The van der Waals surface area contributed by atoms with Gasteiger partial charge in [-0.15, -0.1) is 0 Å². The molecule has 1 fully saturated rings. The van der Waals surface area contributed by atoms with Crippen LogP contribution in [0.2, 0.25) is 0 Å². The average molecular weight is 263 g/mol. The van der Waals surface area contributed by atoms with Crippen LogP contribution in [0.1, 0.15) is 12.8 Å². The molecule has 1 aromatic rings. The van der Waals surface area contributed by atoms with Gasteiger partial charge in [0.25, 0.3) is 0 Å². The summed E-state index contributed by atoms with van der Waals surface area (Å²) < 4.78 is 5.40. The predicted molar refractivity (Wildman–Crippen MR) is 79.9 cm³/mol. The summed E-state index contributed by atoms with van der Waals surface area (Å²) in [7, 11) is 3.84. The molecule has 4 nitrogen and oxygen atoms in total. The first kappa shape index (κ1) is 14.2. The molecular formula is C15H25N3O. The second-order valence-corrected chi connectivity index (χ2v) is 5.27. The molecule has 0 radical (unpaired) electrons. The van der Waals surface area contributed by atoms with Crippen LogP contribution in [-0.2, 0) is 0 Å². The SMILES string of the molecule is COc1ccccc1N(C)CCN1CCC(N)CC1. The van der Waals surface area contributed by atoms with Crippen molar-refractivity contribution in [1.82, 2.24) is 4.90 Å². The topological polar surface area (TPSA) is 41.7 Å². The first-order valence-electron chi connectivity index (χ1n) is 7.03. The van der Waals surface area contributed by atoms with Gasteiger partial charge < -0.3 is 20.3 Å². The number of methoxy groups -OCH3 is 1. The fourth-order valence-electron chi connectivity index (χ4n) is 2.53. The Balaban J connectivity index is 1.85. The highest BCUT2D eigenvalue weighted by Gasteiger charge is 2.16. The molecule has 4 heteroatoms. The lowest BCUT2D eigenvalue weighted by molar-refractivity contribution is 0.218. The predicted octanol–water partition coefficient (Wildman–Crippen LogP) is 1.55. The van der Waals surface area contributed by atoms with Crippen LogP contribution < -0.4 is 15.4 Å². The van der Waals surface area contributed by atoms with E-state index >= 15 is 0 Å². The molecule has 106 valence electrons. The first-order valence-corrected chi connectivity index (χ1v) is 7.03. The molecule has 0 saturated carbocycles. The van der Waals surface area contributed by atoms with E-state index in [-0.39, 0.29) is 0 Å². The maximum Gasteiger partial charge on any atom is 0.142 e. The number of benzene rings is 1. The molecule has 2 rings (SSSR count). The normalized spacial score (nSPS) is 17.4. The smallest absolute Gasteiger partial charge is 0.142 e. The van der Waals surface area contributed by atoms with E-state index in [9.17, 15) is 0 Å². The Kier molecular flexibility index (Phi) is 5.05. The lowest BCUT2D eigenvalue weighted by atomic mass is 10.1. The highest BCUT2D eigenvalue weighted by Crippen LogP contribution is 2.26. The van der Waals surface area contributed by atoms with Gasteiger partial charge in [-0.3, -0.25) is 0 Å². The summed E-state index contributed by atoms with van der Waals surface area (Å²) in [6.45, 7) is 4.35. The summed E-state index contributed by atoms with van der Waals surface area (Å²) in [5, 5.41) is 0. The molecule has 0 bridgehead atoms. The van der Waals surface area contributed by atoms with Crippen molar-refractivity contribution in [2.45, 2.75) is 18.9 Å². The van der Waals surface area contributed by atoms with Crippen molar-refractivity contribution in [2.24, 2.45) is 5.73 Å². The van der Waals surface area contributed by atoms with Crippen LogP contribution in [-0.4, -0.2) is 51.3 Å². The fourth-order valence-corrected chi connectivity index (χ4v) is 2.53. The molecule has 0 atom stereocenters. The average Bonchev–Trinajstić information content (AvgIpc) is 2.46. The Morgan fingerprint density at radius 2 is 2.00 bits per heavy atom. The molecule has 1 aromatic carbocycles. The summed E-state index contributed by atoms with van der Waals surface area (Å²) in [5.74, 6) is 0.936. The van der Waals surface area contributed by atoms with Gasteiger partial charge in [-0.25, -0.2) is 0 Å². The summed E-state index contributed by atoms with van der Waals surface area (Å²) in [6.07, 6.45) is 2.25. The number of ether oxygens (including phenoxy) is 1. The molecule has 1 saturated heterocycles. The third-order valence-electron chi connectivity index (χ3n) is 3.88. The molecule has 0 amide bonds. The lowest BCUT2D eigenvalue weighted by Gasteiger charge is -2.32. The van der Waals surface area contributed by atoms with Gasteiger partial charge in [0.05, 0.1) is 12.8 Å². The van der Waals surface area contributed by atoms with Crippen LogP contribution in [0, 0.1) is 0 Å². The molecule has 0 unspecified atom stereocenters. The number of likely N-dealkylation sites (N-methyl/N-ethyl adjacent to an activating group) is 1. The number of rotatable bonds is 5. The minimum Gasteiger partial charge on any atom is -0.495 e. The summed E-state index contributed by atoms with van der Waals surface area (Å²) in [4.78, 5) is 4.75. The first-order chi connectivity index (χ1) is 9.20. The zero-order chi connectivity index (χ0) is 13.7. The second-order valence-electron chi connectivity index (χ2n) is 5.27. The fraction of sp³-hybridized carbons (Fsp3) is 0.600.